The molecule has 0 heterocycles. The molecule has 1 aromatic carbocycles. The van der Waals surface area contributed by atoms with Crippen molar-refractivity contribution >= 4 is 5.91 Å². The molecule has 2 nitrogen and oxygen atoms in total. The number of carbonyl (C=O) groups excluding carboxylic acids is 1. The summed E-state index contributed by atoms with van der Waals surface area (Å²) in [6.45, 7) is 0. The maximum atomic E-state index is 11.0. The van der Waals surface area contributed by atoms with Gasteiger partial charge in [0.2, 0.25) is 5.91 Å². The van der Waals surface area contributed by atoms with Crippen molar-refractivity contribution < 1.29 is 4.79 Å². The highest BCUT2D eigenvalue weighted by atomic mass is 16.1. The third kappa shape index (κ3) is 1.35. The van der Waals surface area contributed by atoms with Crippen LogP contribution in [0, 0.1) is 0 Å². The number of carbonyl (C=O) groups is 1. The SMILES string of the molecule is [NH]C(=O)C1C=CCc2ccccc21. The molecule has 13 heavy (non-hydrogen) atoms. The molecule has 1 atom stereocenters. The summed E-state index contributed by atoms with van der Waals surface area (Å²) in [7, 11) is 0. The topological polar surface area (TPSA) is 40.9 Å². The predicted molar refractivity (Wildman–Crippen MR) is 50.1 cm³/mol. The maximum Gasteiger partial charge on any atom is 0.249 e. The third-order valence-electron chi connectivity index (χ3n) is 2.34. The fourth-order valence-electron chi connectivity index (χ4n) is 1.69. The molecule has 1 aromatic rings. The first-order valence-electron chi connectivity index (χ1n) is 4.29. The summed E-state index contributed by atoms with van der Waals surface area (Å²) in [5.74, 6) is -0.867. The number of rotatable bonds is 1. The van der Waals surface area contributed by atoms with Gasteiger partial charge in [-0.25, -0.2) is 0 Å². The van der Waals surface area contributed by atoms with E-state index in [2.05, 4.69) is 0 Å². The highest BCUT2D eigenvalue weighted by molar-refractivity contribution is 5.84. The van der Waals surface area contributed by atoms with Gasteiger partial charge in [0.1, 0.15) is 0 Å². The van der Waals surface area contributed by atoms with Crippen molar-refractivity contribution in [3.8, 4) is 0 Å². The van der Waals surface area contributed by atoms with E-state index in [0.717, 1.165) is 17.5 Å². The Morgan fingerprint density at radius 3 is 2.92 bits per heavy atom. The van der Waals surface area contributed by atoms with Gasteiger partial charge < -0.3 is 0 Å². The van der Waals surface area contributed by atoms with E-state index >= 15 is 0 Å². The van der Waals surface area contributed by atoms with Crippen LogP contribution in [0.4, 0.5) is 0 Å². The van der Waals surface area contributed by atoms with Crippen LogP contribution in [0.5, 0.6) is 0 Å². The van der Waals surface area contributed by atoms with Crippen LogP contribution in [0.1, 0.15) is 17.0 Å². The van der Waals surface area contributed by atoms with Gasteiger partial charge in [0.05, 0.1) is 5.92 Å². The van der Waals surface area contributed by atoms with Crippen LogP contribution in [0.2, 0.25) is 0 Å². The summed E-state index contributed by atoms with van der Waals surface area (Å²) in [6.07, 6.45) is 4.65. The molecule has 0 aromatic heterocycles. The summed E-state index contributed by atoms with van der Waals surface area (Å²) >= 11 is 0. The van der Waals surface area contributed by atoms with Gasteiger partial charge in [-0.05, 0) is 17.5 Å². The summed E-state index contributed by atoms with van der Waals surface area (Å²) in [4.78, 5) is 11.0. The molecule has 0 fully saturated rings. The monoisotopic (exact) mass is 172 g/mol. The van der Waals surface area contributed by atoms with Gasteiger partial charge in [-0.15, -0.1) is 0 Å². The minimum absolute atomic E-state index is 0.343. The number of fused-ring (bicyclic) bond motifs is 1. The molecule has 1 unspecified atom stereocenters. The molecule has 0 saturated heterocycles. The van der Waals surface area contributed by atoms with Crippen molar-refractivity contribution in [2.24, 2.45) is 0 Å². The van der Waals surface area contributed by atoms with Crippen molar-refractivity contribution in [2.45, 2.75) is 12.3 Å². The molecular weight excluding hydrogens is 162 g/mol. The Morgan fingerprint density at radius 2 is 2.15 bits per heavy atom. The molecule has 1 N–H and O–H groups in total. The average Bonchev–Trinajstić information content (AvgIpc) is 2.17. The van der Waals surface area contributed by atoms with Gasteiger partial charge in [0.15, 0.2) is 0 Å². The molecule has 1 radical (unpaired) electrons. The van der Waals surface area contributed by atoms with E-state index in [0.29, 0.717) is 0 Å². The Hall–Kier alpha value is -1.57. The van der Waals surface area contributed by atoms with Crippen LogP contribution >= 0.6 is 0 Å². The normalized spacial score (nSPS) is 19.5. The van der Waals surface area contributed by atoms with E-state index in [1.165, 1.54) is 0 Å². The van der Waals surface area contributed by atoms with Crippen molar-refractivity contribution in [1.29, 1.82) is 0 Å². The number of amides is 1. The molecule has 1 aliphatic carbocycles. The van der Waals surface area contributed by atoms with Crippen LogP contribution in [-0.2, 0) is 11.2 Å². The molecule has 1 aliphatic rings. The largest absolute Gasteiger partial charge is 0.272 e. The lowest BCUT2D eigenvalue weighted by molar-refractivity contribution is -0.119. The minimum atomic E-state index is -0.525. The quantitative estimate of drug-likeness (QED) is 0.594. The van der Waals surface area contributed by atoms with E-state index in [1.807, 2.05) is 36.4 Å². The lowest BCUT2D eigenvalue weighted by atomic mass is 9.87. The van der Waals surface area contributed by atoms with Crippen molar-refractivity contribution in [2.75, 3.05) is 0 Å². The van der Waals surface area contributed by atoms with Crippen LogP contribution in [-0.4, -0.2) is 5.91 Å². The smallest absolute Gasteiger partial charge is 0.249 e. The predicted octanol–water partition coefficient (Wildman–Crippen LogP) is 1.69. The summed E-state index contributed by atoms with van der Waals surface area (Å²) in [5.41, 5.74) is 9.27. The van der Waals surface area contributed by atoms with E-state index in [9.17, 15) is 4.79 Å². The first kappa shape index (κ1) is 8.05. The van der Waals surface area contributed by atoms with Gasteiger partial charge >= 0.3 is 0 Å². The average molecular weight is 172 g/mol. The Kier molecular flexibility index (Phi) is 1.89. The Bertz CT molecular complexity index is 368. The maximum absolute atomic E-state index is 11.0. The first-order valence-corrected chi connectivity index (χ1v) is 4.29. The van der Waals surface area contributed by atoms with Crippen LogP contribution in [0.25, 0.3) is 0 Å². The highest BCUT2D eigenvalue weighted by Gasteiger charge is 2.20. The third-order valence-corrected chi connectivity index (χ3v) is 2.34. The fraction of sp³-hybridized carbons (Fsp3) is 0.182. The number of hydrogen-bond acceptors (Lipinski definition) is 1. The number of hydrogen-bond donors (Lipinski definition) is 0. The Labute approximate surface area is 77.1 Å². The summed E-state index contributed by atoms with van der Waals surface area (Å²) in [5, 5.41) is 0. The molecule has 2 rings (SSSR count). The van der Waals surface area contributed by atoms with E-state index < -0.39 is 5.91 Å². The lowest BCUT2D eigenvalue weighted by Gasteiger charge is -2.17. The zero-order valence-corrected chi connectivity index (χ0v) is 7.16. The number of nitrogens with one attached hydrogen (secondary N) is 1. The van der Waals surface area contributed by atoms with E-state index in [4.69, 9.17) is 5.73 Å². The van der Waals surface area contributed by atoms with Gasteiger partial charge in [-0.2, -0.15) is 0 Å². The molecule has 0 saturated carbocycles. The fourth-order valence-corrected chi connectivity index (χ4v) is 1.69. The van der Waals surface area contributed by atoms with Gasteiger partial charge in [0.25, 0.3) is 0 Å². The number of benzene rings is 1. The second kappa shape index (κ2) is 3.05. The minimum Gasteiger partial charge on any atom is -0.272 e. The summed E-state index contributed by atoms with van der Waals surface area (Å²) in [6, 6.07) is 7.81. The van der Waals surface area contributed by atoms with Crippen molar-refractivity contribution in [3.05, 3.63) is 47.5 Å². The highest BCUT2D eigenvalue weighted by Crippen LogP contribution is 2.26. The van der Waals surface area contributed by atoms with Crippen LogP contribution < -0.4 is 5.73 Å². The van der Waals surface area contributed by atoms with Gasteiger partial charge in [0, 0.05) is 0 Å². The Balaban J connectivity index is 2.48. The first-order chi connectivity index (χ1) is 6.29. The summed E-state index contributed by atoms with van der Waals surface area (Å²) < 4.78 is 0. The van der Waals surface area contributed by atoms with Gasteiger partial charge in [-0.1, -0.05) is 36.4 Å². The molecule has 65 valence electrons. The molecule has 0 spiro atoms. The zero-order chi connectivity index (χ0) is 9.26. The molecule has 0 aliphatic heterocycles. The molecule has 1 amide bonds. The van der Waals surface area contributed by atoms with Crippen LogP contribution in [0.15, 0.2) is 36.4 Å². The molecule has 0 bridgehead atoms. The van der Waals surface area contributed by atoms with Crippen molar-refractivity contribution in [3.63, 3.8) is 0 Å². The zero-order valence-electron chi connectivity index (χ0n) is 7.16. The second-order valence-electron chi connectivity index (χ2n) is 3.17. The Morgan fingerprint density at radius 1 is 1.38 bits per heavy atom. The molecule has 2 heteroatoms. The van der Waals surface area contributed by atoms with E-state index in [1.54, 1.807) is 0 Å². The van der Waals surface area contributed by atoms with E-state index in [-0.39, 0.29) is 5.92 Å². The second-order valence-corrected chi connectivity index (χ2v) is 3.17. The van der Waals surface area contributed by atoms with Crippen molar-refractivity contribution in [1.82, 2.24) is 5.73 Å². The van der Waals surface area contributed by atoms with Crippen LogP contribution in [0.3, 0.4) is 0 Å². The van der Waals surface area contributed by atoms with Gasteiger partial charge in [-0.3, -0.25) is 10.5 Å². The number of allylic oxidation sites excluding steroid dienone is 1. The molecular formula is C11H10NO. The standard InChI is InChI=1S/C11H10NO/c12-11(13)10-7-3-5-8-4-1-2-6-9(8)10/h1-4,6-7,10,12H,5H2. The lowest BCUT2D eigenvalue weighted by Crippen LogP contribution is -2.15.